The van der Waals surface area contributed by atoms with Crippen molar-refractivity contribution in [1.82, 2.24) is 0 Å². The Morgan fingerprint density at radius 1 is 1.14 bits per heavy atom. The van der Waals surface area contributed by atoms with Gasteiger partial charge in [-0.05, 0) is 43.3 Å². The molecule has 0 saturated carbocycles. The van der Waals surface area contributed by atoms with Gasteiger partial charge in [0.25, 0.3) is 11.6 Å². The first-order chi connectivity index (χ1) is 13.8. The van der Waals surface area contributed by atoms with E-state index in [4.69, 9.17) is 21.1 Å². The highest BCUT2D eigenvalue weighted by Gasteiger charge is 2.14. The number of rotatable bonds is 9. The van der Waals surface area contributed by atoms with Crippen LogP contribution in [0.15, 0.2) is 42.5 Å². The van der Waals surface area contributed by atoms with Gasteiger partial charge in [0.2, 0.25) is 0 Å². The second-order valence-corrected chi connectivity index (χ2v) is 6.22. The molecular weight excluding hydrogens is 404 g/mol. The fourth-order valence-corrected chi connectivity index (χ4v) is 2.37. The molecule has 0 saturated heterocycles. The molecule has 10 heteroatoms. The van der Waals surface area contributed by atoms with Crippen LogP contribution >= 0.6 is 11.6 Å². The number of nitrogens with one attached hydrogen (secondary N) is 1. The van der Waals surface area contributed by atoms with Gasteiger partial charge in [-0.15, -0.1) is 0 Å². The maximum Gasteiger partial charge on any atom is 0.309 e. The van der Waals surface area contributed by atoms with E-state index in [0.717, 1.165) is 6.07 Å². The third kappa shape index (κ3) is 6.89. The van der Waals surface area contributed by atoms with Gasteiger partial charge in [0.05, 0.1) is 18.0 Å². The molecule has 0 spiro atoms. The summed E-state index contributed by atoms with van der Waals surface area (Å²) in [6.07, 6.45) is -0.0891. The summed E-state index contributed by atoms with van der Waals surface area (Å²) in [4.78, 5) is 44.9. The first kappa shape index (κ1) is 21.8. The molecule has 152 valence electrons. The Hall–Kier alpha value is -3.46. The van der Waals surface area contributed by atoms with Crippen LogP contribution in [0.2, 0.25) is 5.02 Å². The Bertz CT molecular complexity index is 929. The molecule has 0 bridgehead atoms. The van der Waals surface area contributed by atoms with E-state index in [9.17, 15) is 24.5 Å². The topological polar surface area (TPSA) is 125 Å². The molecule has 9 nitrogen and oxygen atoms in total. The van der Waals surface area contributed by atoms with Crippen molar-refractivity contribution in [3.05, 3.63) is 63.2 Å². The van der Waals surface area contributed by atoms with Crippen LogP contribution in [0.3, 0.4) is 0 Å². The van der Waals surface area contributed by atoms with Gasteiger partial charge in [-0.25, -0.2) is 0 Å². The van der Waals surface area contributed by atoms with Crippen LogP contribution in [0.25, 0.3) is 0 Å². The quantitative estimate of drug-likeness (QED) is 0.285. The Balaban J connectivity index is 1.73. The first-order valence-corrected chi connectivity index (χ1v) is 8.77. The largest absolute Gasteiger partial charge is 0.493 e. The van der Waals surface area contributed by atoms with Crippen LogP contribution in [0.4, 0.5) is 11.4 Å². The molecule has 1 N–H and O–H groups in total. The molecule has 0 unspecified atom stereocenters. The Morgan fingerprint density at radius 2 is 1.83 bits per heavy atom. The van der Waals surface area contributed by atoms with E-state index >= 15 is 0 Å². The number of carbonyl (C=O) groups excluding carboxylic acids is 3. The average molecular weight is 421 g/mol. The lowest BCUT2D eigenvalue weighted by atomic mass is 10.1. The number of benzene rings is 2. The lowest BCUT2D eigenvalue weighted by molar-refractivity contribution is -0.384. The highest BCUT2D eigenvalue weighted by atomic mass is 35.5. The van der Waals surface area contributed by atoms with Crippen molar-refractivity contribution in [2.75, 3.05) is 18.5 Å². The number of anilines is 1. The number of ether oxygens (including phenoxy) is 2. The molecule has 2 rings (SSSR count). The van der Waals surface area contributed by atoms with Crippen molar-refractivity contribution in [3.8, 4) is 5.75 Å². The second-order valence-electron chi connectivity index (χ2n) is 5.81. The van der Waals surface area contributed by atoms with E-state index in [1.807, 2.05) is 0 Å². The van der Waals surface area contributed by atoms with Crippen molar-refractivity contribution in [2.24, 2.45) is 0 Å². The summed E-state index contributed by atoms with van der Waals surface area (Å²) in [5, 5.41) is 13.2. The summed E-state index contributed by atoms with van der Waals surface area (Å²) in [5.74, 6) is -0.880. The minimum Gasteiger partial charge on any atom is -0.493 e. The van der Waals surface area contributed by atoms with Crippen LogP contribution in [-0.4, -0.2) is 35.8 Å². The van der Waals surface area contributed by atoms with E-state index in [1.165, 1.54) is 19.1 Å². The maximum atomic E-state index is 11.8. The summed E-state index contributed by atoms with van der Waals surface area (Å²) in [7, 11) is 0. The smallest absolute Gasteiger partial charge is 0.309 e. The number of esters is 1. The number of hydrogen-bond acceptors (Lipinski definition) is 7. The monoisotopic (exact) mass is 420 g/mol. The second kappa shape index (κ2) is 10.2. The molecule has 2 aromatic carbocycles. The van der Waals surface area contributed by atoms with Crippen molar-refractivity contribution >= 4 is 40.6 Å². The van der Waals surface area contributed by atoms with Crippen molar-refractivity contribution in [1.29, 1.82) is 0 Å². The number of carbonyl (C=O) groups is 3. The number of Topliss-reactive ketones (excluding diaryl/α,β-unsaturated/α-hetero) is 1. The highest BCUT2D eigenvalue weighted by Crippen LogP contribution is 2.27. The molecule has 0 aliphatic rings. The highest BCUT2D eigenvalue weighted by molar-refractivity contribution is 6.32. The number of amides is 1. The summed E-state index contributed by atoms with van der Waals surface area (Å²) >= 11 is 5.69. The summed E-state index contributed by atoms with van der Waals surface area (Å²) < 4.78 is 10.2. The average Bonchev–Trinajstić information content (AvgIpc) is 2.68. The van der Waals surface area contributed by atoms with Crippen LogP contribution in [0.1, 0.15) is 23.7 Å². The lowest BCUT2D eigenvalue weighted by Gasteiger charge is -2.08. The van der Waals surface area contributed by atoms with E-state index < -0.39 is 23.4 Å². The maximum absolute atomic E-state index is 11.8. The van der Waals surface area contributed by atoms with Crippen LogP contribution < -0.4 is 10.1 Å². The predicted molar refractivity (Wildman–Crippen MR) is 104 cm³/mol. The number of halogens is 1. The zero-order valence-electron chi connectivity index (χ0n) is 15.3. The minimum atomic E-state index is -0.675. The number of nitro groups is 1. The van der Waals surface area contributed by atoms with Gasteiger partial charge < -0.3 is 14.8 Å². The van der Waals surface area contributed by atoms with Gasteiger partial charge in [-0.2, -0.15) is 0 Å². The summed E-state index contributed by atoms with van der Waals surface area (Å²) in [5.41, 5.74) is 0.350. The molecule has 0 fully saturated rings. The van der Waals surface area contributed by atoms with Gasteiger partial charge in [0.15, 0.2) is 12.4 Å². The number of nitrogens with zero attached hydrogens (tertiary/aromatic N) is 1. The molecule has 29 heavy (non-hydrogen) atoms. The van der Waals surface area contributed by atoms with Gasteiger partial charge >= 0.3 is 5.97 Å². The Morgan fingerprint density at radius 3 is 2.45 bits per heavy atom. The van der Waals surface area contributed by atoms with Crippen molar-refractivity contribution in [2.45, 2.75) is 13.3 Å². The van der Waals surface area contributed by atoms with Gasteiger partial charge in [-0.3, -0.25) is 24.5 Å². The SMILES string of the molecule is CC(=O)c1ccc(OCCC(=O)OCC(=O)Nc2ccc(Cl)c([N+](=O)[O-])c2)cc1. The molecule has 0 atom stereocenters. The molecule has 0 aliphatic heterocycles. The van der Waals surface area contributed by atoms with Gasteiger partial charge in [0.1, 0.15) is 10.8 Å². The van der Waals surface area contributed by atoms with E-state index in [0.29, 0.717) is 11.3 Å². The number of hydrogen-bond donors (Lipinski definition) is 1. The lowest BCUT2D eigenvalue weighted by Crippen LogP contribution is -2.21. The van der Waals surface area contributed by atoms with E-state index in [1.54, 1.807) is 24.3 Å². The van der Waals surface area contributed by atoms with Crippen LogP contribution in [0.5, 0.6) is 5.75 Å². The minimum absolute atomic E-state index is 0.0310. The molecular formula is C19H17ClN2O7. The summed E-state index contributed by atoms with van der Waals surface area (Å²) in [6, 6.07) is 10.2. The molecule has 0 aliphatic carbocycles. The van der Waals surface area contributed by atoms with E-state index in [2.05, 4.69) is 5.32 Å². The predicted octanol–water partition coefficient (Wildman–Crippen LogP) is 3.40. The molecule has 1 amide bonds. The number of ketones is 1. The third-order valence-corrected chi connectivity index (χ3v) is 3.95. The first-order valence-electron chi connectivity index (χ1n) is 8.39. The zero-order chi connectivity index (χ0) is 21.4. The molecule has 0 radical (unpaired) electrons. The third-order valence-electron chi connectivity index (χ3n) is 3.63. The molecule has 0 aromatic heterocycles. The molecule has 2 aromatic rings. The fourth-order valence-electron chi connectivity index (χ4n) is 2.18. The van der Waals surface area contributed by atoms with Crippen molar-refractivity contribution in [3.63, 3.8) is 0 Å². The van der Waals surface area contributed by atoms with Crippen molar-refractivity contribution < 1.29 is 28.8 Å². The van der Waals surface area contributed by atoms with Gasteiger partial charge in [0, 0.05) is 17.3 Å². The van der Waals surface area contributed by atoms with Gasteiger partial charge in [-0.1, -0.05) is 11.6 Å². The summed E-state index contributed by atoms with van der Waals surface area (Å²) in [6.45, 7) is 0.933. The normalized spacial score (nSPS) is 10.1. The van der Waals surface area contributed by atoms with Crippen LogP contribution in [-0.2, 0) is 14.3 Å². The van der Waals surface area contributed by atoms with E-state index in [-0.39, 0.29) is 35.2 Å². The van der Waals surface area contributed by atoms with Crippen LogP contribution in [0, 0.1) is 10.1 Å². The molecule has 0 heterocycles. The zero-order valence-corrected chi connectivity index (χ0v) is 16.1. The fraction of sp³-hybridized carbons (Fsp3) is 0.211. The Kier molecular flexibility index (Phi) is 7.67. The Labute approximate surface area is 170 Å². The standard InChI is InChI=1S/C19H17ClN2O7/c1-12(23)13-2-5-15(6-3-13)28-9-8-19(25)29-11-18(24)21-14-4-7-16(20)17(10-14)22(26)27/h2-7,10H,8-9,11H2,1H3,(H,21,24). The number of nitro benzene ring substituents is 1.